The van der Waals surface area contributed by atoms with Gasteiger partial charge < -0.3 is 0 Å². The minimum absolute atomic E-state index is 0.555. The van der Waals surface area contributed by atoms with Gasteiger partial charge in [0, 0.05) is 6.20 Å². The normalized spacial score (nSPS) is 11.9. The van der Waals surface area contributed by atoms with Crippen molar-refractivity contribution in [3.05, 3.63) is 83.7 Å². The molecule has 0 spiro atoms. The highest BCUT2D eigenvalue weighted by Gasteiger charge is 2.23. The molecule has 0 aliphatic rings. The van der Waals surface area contributed by atoms with Crippen molar-refractivity contribution in [1.29, 1.82) is 0 Å². The summed E-state index contributed by atoms with van der Waals surface area (Å²) >= 11 is 0. The SMILES string of the molecule is O=C(NO)C(c1ccccc1)n1cc(CCc2ccccc2)nn1. The predicted octanol–water partition coefficient (Wildman–Crippen LogP) is 2.16. The zero-order valence-corrected chi connectivity index (χ0v) is 13.0. The first-order chi connectivity index (χ1) is 11.8. The van der Waals surface area contributed by atoms with Gasteiger partial charge in [-0.3, -0.25) is 10.0 Å². The lowest BCUT2D eigenvalue weighted by Gasteiger charge is -2.14. The maximum Gasteiger partial charge on any atom is 0.272 e. The molecule has 6 nitrogen and oxygen atoms in total. The van der Waals surface area contributed by atoms with Gasteiger partial charge in [-0.05, 0) is 24.0 Å². The lowest BCUT2D eigenvalue weighted by Crippen LogP contribution is -2.31. The molecule has 3 rings (SSSR count). The number of nitrogens with one attached hydrogen (secondary N) is 1. The molecule has 2 N–H and O–H groups in total. The molecule has 0 radical (unpaired) electrons. The first kappa shape index (κ1) is 15.9. The van der Waals surface area contributed by atoms with Crippen LogP contribution in [0, 0.1) is 0 Å². The van der Waals surface area contributed by atoms with Gasteiger partial charge in [-0.15, -0.1) is 5.10 Å². The highest BCUT2D eigenvalue weighted by molar-refractivity contribution is 5.82. The second kappa shape index (κ2) is 7.52. The first-order valence-corrected chi connectivity index (χ1v) is 7.71. The van der Waals surface area contributed by atoms with E-state index in [4.69, 9.17) is 5.21 Å². The highest BCUT2D eigenvalue weighted by atomic mass is 16.5. The van der Waals surface area contributed by atoms with Crippen LogP contribution < -0.4 is 5.48 Å². The fourth-order valence-corrected chi connectivity index (χ4v) is 2.59. The molecule has 1 aromatic heterocycles. The number of aromatic nitrogens is 3. The van der Waals surface area contributed by atoms with E-state index in [2.05, 4.69) is 22.4 Å². The van der Waals surface area contributed by atoms with Gasteiger partial charge in [-0.1, -0.05) is 65.9 Å². The van der Waals surface area contributed by atoms with E-state index in [1.54, 1.807) is 11.7 Å². The summed E-state index contributed by atoms with van der Waals surface area (Å²) in [4.78, 5) is 12.1. The molecule has 0 aliphatic heterocycles. The van der Waals surface area contributed by atoms with Gasteiger partial charge in [-0.25, -0.2) is 10.2 Å². The fraction of sp³-hybridized carbons (Fsp3) is 0.167. The van der Waals surface area contributed by atoms with Crippen LogP contribution in [0.4, 0.5) is 0 Å². The molecule has 3 aromatic rings. The summed E-state index contributed by atoms with van der Waals surface area (Å²) in [5, 5.41) is 17.2. The molecule has 122 valence electrons. The van der Waals surface area contributed by atoms with Gasteiger partial charge in [0.25, 0.3) is 5.91 Å². The molecule has 0 bridgehead atoms. The van der Waals surface area contributed by atoms with E-state index in [0.717, 1.165) is 24.1 Å². The smallest absolute Gasteiger partial charge is 0.272 e. The molecule has 6 heteroatoms. The van der Waals surface area contributed by atoms with E-state index in [1.165, 1.54) is 10.2 Å². The number of hydrogen-bond acceptors (Lipinski definition) is 4. The van der Waals surface area contributed by atoms with Crippen LogP contribution in [-0.2, 0) is 17.6 Å². The molecule has 1 amide bonds. The third-order valence-corrected chi connectivity index (χ3v) is 3.81. The van der Waals surface area contributed by atoms with E-state index >= 15 is 0 Å². The third-order valence-electron chi connectivity index (χ3n) is 3.81. The molecule has 0 saturated heterocycles. The second-order valence-electron chi connectivity index (χ2n) is 5.46. The molecule has 0 aliphatic carbocycles. The summed E-state index contributed by atoms with van der Waals surface area (Å²) < 4.78 is 1.47. The number of rotatable bonds is 6. The lowest BCUT2D eigenvalue weighted by atomic mass is 10.1. The Labute approximate surface area is 139 Å². The van der Waals surface area contributed by atoms with Crippen molar-refractivity contribution in [2.75, 3.05) is 0 Å². The standard InChI is InChI=1S/C18H18N4O2/c23-18(20-24)17(15-9-5-2-6-10-15)22-13-16(19-21-22)12-11-14-7-3-1-4-8-14/h1-10,13,17,24H,11-12H2,(H,20,23). The van der Waals surface area contributed by atoms with Crippen molar-refractivity contribution in [3.63, 3.8) is 0 Å². The van der Waals surface area contributed by atoms with Gasteiger partial charge >= 0.3 is 0 Å². The van der Waals surface area contributed by atoms with E-state index < -0.39 is 11.9 Å². The summed E-state index contributed by atoms with van der Waals surface area (Å²) in [5.41, 5.74) is 4.45. The van der Waals surface area contributed by atoms with Crippen LogP contribution in [-0.4, -0.2) is 26.1 Å². The molecule has 0 saturated carbocycles. The molecule has 1 atom stereocenters. The van der Waals surface area contributed by atoms with Crippen molar-refractivity contribution in [1.82, 2.24) is 20.5 Å². The second-order valence-corrected chi connectivity index (χ2v) is 5.46. The minimum Gasteiger partial charge on any atom is -0.289 e. The monoisotopic (exact) mass is 322 g/mol. The molecular weight excluding hydrogens is 304 g/mol. The highest BCUT2D eigenvalue weighted by Crippen LogP contribution is 2.18. The number of hydroxylamine groups is 1. The van der Waals surface area contributed by atoms with Crippen LogP contribution in [0.2, 0.25) is 0 Å². The lowest BCUT2D eigenvalue weighted by molar-refractivity contribution is -0.131. The van der Waals surface area contributed by atoms with Crippen molar-refractivity contribution in [3.8, 4) is 0 Å². The Morgan fingerprint density at radius 3 is 2.38 bits per heavy atom. The number of benzene rings is 2. The Balaban J connectivity index is 1.78. The summed E-state index contributed by atoms with van der Waals surface area (Å²) in [7, 11) is 0. The summed E-state index contributed by atoms with van der Waals surface area (Å²) in [6.45, 7) is 0. The van der Waals surface area contributed by atoms with E-state index in [1.807, 2.05) is 48.5 Å². The number of carbonyl (C=O) groups is 1. The summed E-state index contributed by atoms with van der Waals surface area (Å²) in [6, 6.07) is 18.5. The van der Waals surface area contributed by atoms with E-state index in [-0.39, 0.29) is 0 Å². The van der Waals surface area contributed by atoms with Crippen LogP contribution in [0.5, 0.6) is 0 Å². The van der Waals surface area contributed by atoms with Gasteiger partial charge in [0.15, 0.2) is 6.04 Å². The fourth-order valence-electron chi connectivity index (χ4n) is 2.59. The molecule has 1 unspecified atom stereocenters. The van der Waals surface area contributed by atoms with Gasteiger partial charge in [0.05, 0.1) is 5.69 Å². The summed E-state index contributed by atoms with van der Waals surface area (Å²) in [5.74, 6) is -0.555. The van der Waals surface area contributed by atoms with E-state index in [0.29, 0.717) is 0 Å². The van der Waals surface area contributed by atoms with Gasteiger partial charge in [0.2, 0.25) is 0 Å². The quantitative estimate of drug-likeness (QED) is 0.538. The van der Waals surface area contributed by atoms with Crippen LogP contribution >= 0.6 is 0 Å². The molecule has 24 heavy (non-hydrogen) atoms. The van der Waals surface area contributed by atoms with Crippen molar-refractivity contribution >= 4 is 5.91 Å². The minimum atomic E-state index is -0.755. The number of carbonyl (C=O) groups excluding carboxylic acids is 1. The maximum absolute atomic E-state index is 12.1. The van der Waals surface area contributed by atoms with Gasteiger partial charge in [0.1, 0.15) is 0 Å². The Hall–Kier alpha value is -2.99. The largest absolute Gasteiger partial charge is 0.289 e. The average Bonchev–Trinajstić information content (AvgIpc) is 3.10. The Bertz CT molecular complexity index is 787. The maximum atomic E-state index is 12.1. The average molecular weight is 322 g/mol. The number of nitrogens with zero attached hydrogens (tertiary/aromatic N) is 3. The Morgan fingerprint density at radius 1 is 1.04 bits per heavy atom. The Kier molecular flexibility index (Phi) is 4.98. The Morgan fingerprint density at radius 2 is 1.71 bits per heavy atom. The first-order valence-electron chi connectivity index (χ1n) is 7.71. The van der Waals surface area contributed by atoms with Gasteiger partial charge in [-0.2, -0.15) is 0 Å². The molecule has 1 heterocycles. The zero-order valence-electron chi connectivity index (χ0n) is 13.0. The number of hydrogen-bond donors (Lipinski definition) is 2. The van der Waals surface area contributed by atoms with E-state index in [9.17, 15) is 4.79 Å². The van der Waals surface area contributed by atoms with Crippen molar-refractivity contribution < 1.29 is 10.0 Å². The van der Waals surface area contributed by atoms with Crippen LogP contribution in [0.1, 0.15) is 22.9 Å². The number of aryl methyl sites for hydroxylation is 2. The zero-order chi connectivity index (χ0) is 16.8. The van der Waals surface area contributed by atoms with Crippen LogP contribution in [0.25, 0.3) is 0 Å². The predicted molar refractivity (Wildman–Crippen MR) is 88.4 cm³/mol. The number of amides is 1. The van der Waals surface area contributed by atoms with Crippen LogP contribution in [0.3, 0.4) is 0 Å². The summed E-state index contributed by atoms with van der Waals surface area (Å²) in [6.07, 6.45) is 3.32. The molecule has 2 aromatic carbocycles. The topological polar surface area (TPSA) is 80.0 Å². The molecule has 0 fully saturated rings. The van der Waals surface area contributed by atoms with Crippen molar-refractivity contribution in [2.24, 2.45) is 0 Å². The molecular formula is C18H18N4O2. The van der Waals surface area contributed by atoms with Crippen LogP contribution in [0.15, 0.2) is 66.9 Å². The van der Waals surface area contributed by atoms with Crippen molar-refractivity contribution in [2.45, 2.75) is 18.9 Å². The third kappa shape index (κ3) is 3.67.